The van der Waals surface area contributed by atoms with Crippen LogP contribution in [0.25, 0.3) is 0 Å². The molecular formula is C7H9NO4. The van der Waals surface area contributed by atoms with Crippen molar-refractivity contribution in [3.63, 3.8) is 0 Å². The Labute approximate surface area is 68.6 Å². The van der Waals surface area contributed by atoms with E-state index in [9.17, 15) is 9.59 Å². The Morgan fingerprint density at radius 1 is 1.42 bits per heavy atom. The van der Waals surface area contributed by atoms with Gasteiger partial charge in [0.05, 0.1) is 5.41 Å². The molecule has 1 aliphatic carbocycles. The lowest BCUT2D eigenvalue weighted by atomic mass is 10.1. The summed E-state index contributed by atoms with van der Waals surface area (Å²) in [5.41, 5.74) is -0.724. The van der Waals surface area contributed by atoms with E-state index < -0.39 is 17.5 Å². The molecule has 2 rings (SSSR count). The molecule has 0 aromatic heterocycles. The molecule has 1 saturated carbocycles. The van der Waals surface area contributed by atoms with Gasteiger partial charge in [-0.25, -0.2) is 4.79 Å². The van der Waals surface area contributed by atoms with E-state index in [1.165, 1.54) is 4.90 Å². The third-order valence-corrected chi connectivity index (χ3v) is 2.84. The van der Waals surface area contributed by atoms with Gasteiger partial charge in [-0.3, -0.25) is 4.79 Å². The van der Waals surface area contributed by atoms with Crippen LogP contribution in [0.4, 0.5) is 4.79 Å². The lowest BCUT2D eigenvalue weighted by Crippen LogP contribution is -2.32. The molecule has 2 fully saturated rings. The average molecular weight is 171 g/mol. The van der Waals surface area contributed by atoms with E-state index in [1.807, 2.05) is 0 Å². The van der Waals surface area contributed by atoms with E-state index in [0.29, 0.717) is 13.0 Å². The highest BCUT2D eigenvalue weighted by atomic mass is 16.4. The maximum Gasteiger partial charge on any atom is 0.407 e. The molecule has 0 spiro atoms. The number of carbonyl (C=O) groups is 2. The summed E-state index contributed by atoms with van der Waals surface area (Å²) in [5.74, 6) is -0.789. The van der Waals surface area contributed by atoms with E-state index in [2.05, 4.69) is 0 Å². The summed E-state index contributed by atoms with van der Waals surface area (Å²) in [5, 5.41) is 17.4. The monoisotopic (exact) mass is 171 g/mol. The smallest absolute Gasteiger partial charge is 0.407 e. The number of likely N-dealkylation sites (tertiary alicyclic amines) is 1. The number of piperidine rings is 1. The molecule has 2 N–H and O–H groups in total. The van der Waals surface area contributed by atoms with Gasteiger partial charge in [-0.2, -0.15) is 0 Å². The van der Waals surface area contributed by atoms with Gasteiger partial charge in [0.2, 0.25) is 0 Å². The molecule has 1 heterocycles. The van der Waals surface area contributed by atoms with Crippen molar-refractivity contribution >= 4 is 12.1 Å². The molecule has 0 unspecified atom stereocenters. The minimum Gasteiger partial charge on any atom is -0.481 e. The zero-order valence-electron chi connectivity index (χ0n) is 6.36. The van der Waals surface area contributed by atoms with Crippen molar-refractivity contribution in [2.45, 2.75) is 6.42 Å². The number of rotatable bonds is 1. The summed E-state index contributed by atoms with van der Waals surface area (Å²) in [4.78, 5) is 22.4. The van der Waals surface area contributed by atoms with Gasteiger partial charge < -0.3 is 15.1 Å². The molecular weight excluding hydrogens is 162 g/mol. The minimum atomic E-state index is -1.01. The molecule has 1 aliphatic heterocycles. The van der Waals surface area contributed by atoms with Gasteiger partial charge in [0.1, 0.15) is 0 Å². The van der Waals surface area contributed by atoms with Crippen molar-refractivity contribution in [3.05, 3.63) is 0 Å². The zero-order valence-corrected chi connectivity index (χ0v) is 6.36. The van der Waals surface area contributed by atoms with E-state index in [4.69, 9.17) is 10.2 Å². The molecule has 0 bridgehead atoms. The Kier molecular flexibility index (Phi) is 1.18. The van der Waals surface area contributed by atoms with Crippen molar-refractivity contribution in [1.29, 1.82) is 0 Å². The van der Waals surface area contributed by atoms with Gasteiger partial charge in [-0.1, -0.05) is 0 Å². The second-order valence-electron chi connectivity index (χ2n) is 3.53. The Balaban J connectivity index is 2.10. The number of hydrogen-bond acceptors (Lipinski definition) is 2. The first kappa shape index (κ1) is 7.39. The first-order valence-electron chi connectivity index (χ1n) is 3.77. The fourth-order valence-corrected chi connectivity index (χ4v) is 1.96. The fraction of sp³-hybridized carbons (Fsp3) is 0.714. The van der Waals surface area contributed by atoms with Gasteiger partial charge in [0, 0.05) is 13.1 Å². The standard InChI is InChI=1S/C7H9NO4/c9-5(10)7-1-4(7)2-8(3-7)6(11)12/h4H,1-3H2,(H,9,10)(H,11,12)/t4-,7+/m0/s1. The van der Waals surface area contributed by atoms with Gasteiger partial charge in [0.15, 0.2) is 0 Å². The van der Waals surface area contributed by atoms with E-state index in [0.717, 1.165) is 0 Å². The van der Waals surface area contributed by atoms with Gasteiger partial charge in [-0.15, -0.1) is 0 Å². The Hall–Kier alpha value is -1.26. The summed E-state index contributed by atoms with van der Waals surface area (Å²) >= 11 is 0. The molecule has 0 radical (unpaired) electrons. The Bertz CT molecular complexity index is 264. The molecule has 5 heteroatoms. The molecule has 5 nitrogen and oxygen atoms in total. The van der Waals surface area contributed by atoms with Crippen LogP contribution in [0.1, 0.15) is 6.42 Å². The highest BCUT2D eigenvalue weighted by molar-refractivity contribution is 5.81. The highest BCUT2D eigenvalue weighted by Gasteiger charge is 2.66. The van der Waals surface area contributed by atoms with Crippen LogP contribution in [0.3, 0.4) is 0 Å². The minimum absolute atomic E-state index is 0.0612. The van der Waals surface area contributed by atoms with Gasteiger partial charge >= 0.3 is 12.1 Å². The summed E-state index contributed by atoms with van der Waals surface area (Å²) in [6.07, 6.45) is -0.366. The third kappa shape index (κ3) is 0.732. The number of hydrogen-bond donors (Lipinski definition) is 2. The number of carboxylic acids is 1. The van der Waals surface area contributed by atoms with Crippen LogP contribution in [0.2, 0.25) is 0 Å². The first-order valence-corrected chi connectivity index (χ1v) is 3.77. The van der Waals surface area contributed by atoms with Crippen molar-refractivity contribution in [3.8, 4) is 0 Å². The molecule has 2 aliphatic rings. The number of fused-ring (bicyclic) bond motifs is 1. The molecule has 1 saturated heterocycles. The van der Waals surface area contributed by atoms with E-state index in [1.54, 1.807) is 0 Å². The van der Waals surface area contributed by atoms with E-state index >= 15 is 0 Å². The topological polar surface area (TPSA) is 77.8 Å². The quantitative estimate of drug-likeness (QED) is 0.585. The maximum absolute atomic E-state index is 10.7. The van der Waals surface area contributed by atoms with Crippen LogP contribution < -0.4 is 0 Å². The second kappa shape index (κ2) is 1.91. The van der Waals surface area contributed by atoms with Crippen LogP contribution in [-0.2, 0) is 4.79 Å². The first-order chi connectivity index (χ1) is 5.56. The van der Waals surface area contributed by atoms with Crippen LogP contribution >= 0.6 is 0 Å². The summed E-state index contributed by atoms with van der Waals surface area (Å²) in [7, 11) is 0. The maximum atomic E-state index is 10.7. The molecule has 0 aromatic carbocycles. The summed E-state index contributed by atoms with van der Waals surface area (Å²) in [6.45, 7) is 0.559. The van der Waals surface area contributed by atoms with Gasteiger partial charge in [-0.05, 0) is 12.3 Å². The number of nitrogens with zero attached hydrogens (tertiary/aromatic N) is 1. The molecule has 0 aromatic rings. The van der Waals surface area contributed by atoms with Crippen LogP contribution in [0, 0.1) is 11.3 Å². The van der Waals surface area contributed by atoms with Crippen molar-refractivity contribution < 1.29 is 19.8 Å². The van der Waals surface area contributed by atoms with Crippen molar-refractivity contribution in [2.75, 3.05) is 13.1 Å². The van der Waals surface area contributed by atoms with E-state index in [-0.39, 0.29) is 12.5 Å². The highest BCUT2D eigenvalue weighted by Crippen LogP contribution is 2.57. The summed E-state index contributed by atoms with van der Waals surface area (Å²) < 4.78 is 0. The zero-order chi connectivity index (χ0) is 8.93. The predicted molar refractivity (Wildman–Crippen MR) is 37.8 cm³/mol. The van der Waals surface area contributed by atoms with Crippen LogP contribution in [0.15, 0.2) is 0 Å². The Morgan fingerprint density at radius 3 is 2.42 bits per heavy atom. The lowest BCUT2D eigenvalue weighted by molar-refractivity contribution is -0.143. The molecule has 66 valence electrons. The van der Waals surface area contributed by atoms with Crippen molar-refractivity contribution in [1.82, 2.24) is 4.90 Å². The van der Waals surface area contributed by atoms with Crippen LogP contribution in [-0.4, -0.2) is 40.3 Å². The van der Waals surface area contributed by atoms with Crippen LogP contribution in [0.5, 0.6) is 0 Å². The Morgan fingerprint density at radius 2 is 2.08 bits per heavy atom. The predicted octanol–water partition coefficient (Wildman–Crippen LogP) is 0.0709. The van der Waals surface area contributed by atoms with Gasteiger partial charge in [0.25, 0.3) is 0 Å². The number of aliphatic carboxylic acids is 1. The largest absolute Gasteiger partial charge is 0.481 e. The SMILES string of the molecule is O=C(O)N1C[C@@H]2C[C@@]2(C(=O)O)C1. The summed E-state index contributed by atoms with van der Waals surface area (Å²) in [6, 6.07) is 0. The second-order valence-corrected chi connectivity index (χ2v) is 3.53. The third-order valence-electron chi connectivity index (χ3n) is 2.84. The molecule has 2 atom stereocenters. The number of carboxylic acid groups (broad SMARTS) is 2. The average Bonchev–Trinajstić information content (AvgIpc) is 2.55. The molecule has 12 heavy (non-hydrogen) atoms. The van der Waals surface area contributed by atoms with Crippen molar-refractivity contribution in [2.24, 2.45) is 11.3 Å². The normalized spacial score (nSPS) is 37.7. The fourth-order valence-electron chi connectivity index (χ4n) is 1.96. The molecule has 1 amide bonds. The number of amides is 1. The lowest BCUT2D eigenvalue weighted by Gasteiger charge is -2.14.